The summed E-state index contributed by atoms with van der Waals surface area (Å²) < 4.78 is 7.45. The predicted molar refractivity (Wildman–Crippen MR) is 79.7 cm³/mol. The molecular formula is C15H16N4O3. The molecule has 0 radical (unpaired) electrons. The third-order valence-electron chi connectivity index (χ3n) is 3.87. The van der Waals surface area contributed by atoms with E-state index in [-0.39, 0.29) is 18.7 Å². The number of fused-ring (bicyclic) bond motifs is 1. The Bertz CT molecular complexity index is 762. The van der Waals surface area contributed by atoms with Crippen LogP contribution in [0.15, 0.2) is 12.3 Å². The molecule has 1 atom stereocenters. The number of hydrogen-bond donors (Lipinski definition) is 1. The van der Waals surface area contributed by atoms with Crippen LogP contribution in [0.2, 0.25) is 0 Å². The van der Waals surface area contributed by atoms with Gasteiger partial charge in [-0.3, -0.25) is 0 Å². The molecule has 0 saturated carbocycles. The van der Waals surface area contributed by atoms with Gasteiger partial charge in [0, 0.05) is 19.8 Å². The van der Waals surface area contributed by atoms with Crippen LogP contribution in [0.5, 0.6) is 6.01 Å². The van der Waals surface area contributed by atoms with Crippen LogP contribution < -0.4 is 4.74 Å². The average Bonchev–Trinajstić information content (AvgIpc) is 3.12. The molecule has 2 aromatic heterocycles. The Morgan fingerprint density at radius 2 is 2.41 bits per heavy atom. The van der Waals surface area contributed by atoms with Gasteiger partial charge in [0.1, 0.15) is 17.9 Å². The van der Waals surface area contributed by atoms with Crippen LogP contribution in [-0.2, 0) is 7.05 Å². The van der Waals surface area contributed by atoms with Crippen molar-refractivity contribution in [1.29, 1.82) is 0 Å². The Morgan fingerprint density at radius 3 is 3.14 bits per heavy atom. The van der Waals surface area contributed by atoms with Crippen LogP contribution in [0.3, 0.4) is 0 Å². The van der Waals surface area contributed by atoms with Crippen molar-refractivity contribution in [3.05, 3.63) is 18.0 Å². The lowest BCUT2D eigenvalue weighted by Gasteiger charge is -2.21. The molecule has 0 aromatic carbocycles. The minimum Gasteiger partial charge on any atom is -0.465 e. The average molecular weight is 300 g/mol. The van der Waals surface area contributed by atoms with E-state index in [0.29, 0.717) is 17.9 Å². The second kappa shape index (κ2) is 5.56. The highest BCUT2D eigenvalue weighted by molar-refractivity contribution is 5.81. The number of ether oxygens (including phenoxy) is 1. The molecule has 1 aliphatic rings. The van der Waals surface area contributed by atoms with Gasteiger partial charge < -0.3 is 19.3 Å². The highest BCUT2D eigenvalue weighted by Gasteiger charge is 2.29. The molecule has 1 saturated heterocycles. The number of carbonyl (C=O) groups is 1. The molecule has 3 heterocycles. The Kier molecular flexibility index (Phi) is 3.59. The number of likely N-dealkylation sites (tertiary alicyclic amines) is 1. The minimum atomic E-state index is -0.922. The van der Waals surface area contributed by atoms with Crippen LogP contribution in [0.4, 0.5) is 4.79 Å². The lowest BCUT2D eigenvalue weighted by molar-refractivity contribution is 0.121. The summed E-state index contributed by atoms with van der Waals surface area (Å²) in [7, 11) is 1.86. The maximum Gasteiger partial charge on any atom is 0.407 e. The topological polar surface area (TPSA) is 80.5 Å². The normalized spacial score (nSPS) is 17.6. The first-order valence-electron chi connectivity index (χ1n) is 7.02. The zero-order valence-electron chi connectivity index (χ0n) is 12.2. The Morgan fingerprint density at radius 1 is 1.59 bits per heavy atom. The summed E-state index contributed by atoms with van der Waals surface area (Å²) in [5, 5.41) is 9.92. The number of aromatic nitrogens is 3. The van der Waals surface area contributed by atoms with Gasteiger partial charge in [-0.1, -0.05) is 0 Å². The zero-order chi connectivity index (χ0) is 15.7. The van der Waals surface area contributed by atoms with Gasteiger partial charge in [-0.2, -0.15) is 9.97 Å². The number of aryl methyl sites for hydroxylation is 1. The predicted octanol–water partition coefficient (Wildman–Crippen LogP) is 1.47. The lowest BCUT2D eigenvalue weighted by Crippen LogP contribution is -2.38. The molecule has 1 aliphatic heterocycles. The van der Waals surface area contributed by atoms with Gasteiger partial charge in [0.05, 0.1) is 11.4 Å². The summed E-state index contributed by atoms with van der Waals surface area (Å²) >= 11 is 0. The molecule has 1 N–H and O–H groups in total. The number of amides is 1. The maximum atomic E-state index is 11.1. The van der Waals surface area contributed by atoms with Gasteiger partial charge >= 0.3 is 12.1 Å². The molecule has 1 unspecified atom stereocenters. The summed E-state index contributed by atoms with van der Waals surface area (Å²) in [5.74, 6) is 2.53. The van der Waals surface area contributed by atoms with Gasteiger partial charge in [0.2, 0.25) is 0 Å². The van der Waals surface area contributed by atoms with Crippen LogP contribution in [0, 0.1) is 12.3 Å². The lowest BCUT2D eigenvalue weighted by atomic mass is 10.2. The van der Waals surface area contributed by atoms with Crippen molar-refractivity contribution in [2.45, 2.75) is 18.9 Å². The fourth-order valence-corrected chi connectivity index (χ4v) is 2.72. The van der Waals surface area contributed by atoms with E-state index in [1.165, 1.54) is 4.90 Å². The third-order valence-corrected chi connectivity index (χ3v) is 3.87. The van der Waals surface area contributed by atoms with E-state index >= 15 is 0 Å². The standard InChI is InChI=1S/C15H16N4O3/c1-3-12-11-6-8-18(2)13(11)17-14(16-12)22-9-10-5-4-7-19(10)15(20)21/h1,6,8,10H,4-5,7,9H2,2H3,(H,20,21). The number of terminal acetylenes is 1. The van der Waals surface area contributed by atoms with Gasteiger partial charge in [-0.15, -0.1) is 6.42 Å². The van der Waals surface area contributed by atoms with E-state index in [9.17, 15) is 4.79 Å². The van der Waals surface area contributed by atoms with Crippen LogP contribution in [0.1, 0.15) is 18.5 Å². The summed E-state index contributed by atoms with van der Waals surface area (Å²) in [4.78, 5) is 21.1. The SMILES string of the molecule is C#Cc1nc(OCC2CCCN2C(=O)O)nc2c1ccn2C. The van der Waals surface area contributed by atoms with E-state index in [1.54, 1.807) is 0 Å². The van der Waals surface area contributed by atoms with E-state index in [4.69, 9.17) is 16.3 Å². The van der Waals surface area contributed by atoms with Gasteiger partial charge in [-0.25, -0.2) is 4.79 Å². The first-order chi connectivity index (χ1) is 10.6. The van der Waals surface area contributed by atoms with Crippen molar-refractivity contribution in [3.63, 3.8) is 0 Å². The first kappa shape index (κ1) is 14.2. The number of carboxylic acid groups (broad SMARTS) is 1. The quantitative estimate of drug-likeness (QED) is 0.868. The van der Waals surface area contributed by atoms with Crippen molar-refractivity contribution in [2.75, 3.05) is 13.2 Å². The summed E-state index contributed by atoms with van der Waals surface area (Å²) in [5.41, 5.74) is 1.17. The molecule has 7 nitrogen and oxygen atoms in total. The molecule has 22 heavy (non-hydrogen) atoms. The first-order valence-corrected chi connectivity index (χ1v) is 7.02. The smallest absolute Gasteiger partial charge is 0.407 e. The number of hydrogen-bond acceptors (Lipinski definition) is 4. The molecule has 0 bridgehead atoms. The summed E-state index contributed by atoms with van der Waals surface area (Å²) in [6.45, 7) is 0.767. The van der Waals surface area contributed by atoms with Crippen molar-refractivity contribution >= 4 is 17.1 Å². The van der Waals surface area contributed by atoms with E-state index < -0.39 is 6.09 Å². The molecule has 114 valence electrons. The Labute approximate surface area is 127 Å². The van der Waals surface area contributed by atoms with E-state index in [2.05, 4.69) is 15.9 Å². The van der Waals surface area contributed by atoms with Crippen molar-refractivity contribution in [1.82, 2.24) is 19.4 Å². The fourth-order valence-electron chi connectivity index (χ4n) is 2.72. The molecule has 7 heteroatoms. The van der Waals surface area contributed by atoms with Crippen LogP contribution in [0.25, 0.3) is 11.0 Å². The van der Waals surface area contributed by atoms with Gasteiger partial charge in [0.15, 0.2) is 0 Å². The molecule has 3 rings (SSSR count). The second-order valence-corrected chi connectivity index (χ2v) is 5.25. The van der Waals surface area contributed by atoms with Crippen molar-refractivity contribution < 1.29 is 14.6 Å². The monoisotopic (exact) mass is 300 g/mol. The van der Waals surface area contributed by atoms with E-state index in [0.717, 1.165) is 18.2 Å². The number of rotatable bonds is 3. The van der Waals surface area contributed by atoms with Gasteiger partial charge in [-0.05, 0) is 24.8 Å². The largest absolute Gasteiger partial charge is 0.465 e. The molecular weight excluding hydrogens is 284 g/mol. The number of nitrogens with zero attached hydrogens (tertiary/aromatic N) is 4. The Hall–Kier alpha value is -2.75. The minimum absolute atomic E-state index is 0.167. The van der Waals surface area contributed by atoms with E-state index in [1.807, 2.05) is 23.9 Å². The summed E-state index contributed by atoms with van der Waals surface area (Å²) in [6, 6.07) is 1.87. The second-order valence-electron chi connectivity index (χ2n) is 5.25. The summed E-state index contributed by atoms with van der Waals surface area (Å²) in [6.07, 6.45) is 8.03. The highest BCUT2D eigenvalue weighted by atomic mass is 16.5. The maximum absolute atomic E-state index is 11.1. The zero-order valence-corrected chi connectivity index (χ0v) is 12.2. The Balaban J connectivity index is 1.81. The van der Waals surface area contributed by atoms with Crippen LogP contribution in [-0.4, -0.2) is 49.8 Å². The molecule has 1 amide bonds. The van der Waals surface area contributed by atoms with Gasteiger partial charge in [0.25, 0.3) is 0 Å². The highest BCUT2D eigenvalue weighted by Crippen LogP contribution is 2.21. The molecule has 0 spiro atoms. The van der Waals surface area contributed by atoms with Crippen molar-refractivity contribution in [3.8, 4) is 18.4 Å². The molecule has 0 aliphatic carbocycles. The molecule has 2 aromatic rings. The van der Waals surface area contributed by atoms with Crippen molar-refractivity contribution in [2.24, 2.45) is 7.05 Å². The van der Waals surface area contributed by atoms with Crippen LogP contribution >= 0.6 is 0 Å². The fraction of sp³-hybridized carbons (Fsp3) is 0.400. The molecule has 1 fully saturated rings. The third kappa shape index (κ3) is 2.44.